The van der Waals surface area contributed by atoms with Crippen LogP contribution in [0.3, 0.4) is 0 Å². The summed E-state index contributed by atoms with van der Waals surface area (Å²) in [5.41, 5.74) is 2.45. The molecule has 1 unspecified atom stereocenters. The Kier molecular flexibility index (Phi) is 5.79. The van der Waals surface area contributed by atoms with Crippen LogP contribution >= 0.6 is 0 Å². The van der Waals surface area contributed by atoms with Gasteiger partial charge in [-0.15, -0.1) is 0 Å². The Morgan fingerprint density at radius 1 is 1.10 bits per heavy atom. The Balaban J connectivity index is 1.35. The van der Waals surface area contributed by atoms with Gasteiger partial charge < -0.3 is 9.64 Å². The zero-order valence-electron chi connectivity index (χ0n) is 16.9. The number of benzene rings is 2. The van der Waals surface area contributed by atoms with Crippen LogP contribution in [0.4, 0.5) is 4.39 Å². The minimum absolute atomic E-state index is 0.0380. The van der Waals surface area contributed by atoms with Gasteiger partial charge in [0.2, 0.25) is 5.91 Å². The molecule has 0 bridgehead atoms. The van der Waals surface area contributed by atoms with Crippen molar-refractivity contribution in [3.05, 3.63) is 59.4 Å². The van der Waals surface area contributed by atoms with Gasteiger partial charge in [-0.3, -0.25) is 9.69 Å². The molecule has 160 valence electrons. The number of nitrogens with zero attached hydrogens (tertiary/aromatic N) is 2. The maximum Gasteiger partial charge on any atom is 0.241 e. The molecule has 0 aliphatic carbocycles. The van der Waals surface area contributed by atoms with Crippen LogP contribution in [0.2, 0.25) is 0 Å². The number of hydrogen-bond donors (Lipinski definition) is 0. The molecule has 2 aromatic rings. The van der Waals surface area contributed by atoms with Gasteiger partial charge in [0.05, 0.1) is 11.5 Å². The van der Waals surface area contributed by atoms with E-state index >= 15 is 0 Å². The summed E-state index contributed by atoms with van der Waals surface area (Å²) in [4.78, 5) is 16.7. The number of carbonyl (C=O) groups is 1. The van der Waals surface area contributed by atoms with Gasteiger partial charge >= 0.3 is 0 Å². The second-order valence-corrected chi connectivity index (χ2v) is 10.1. The normalized spacial score (nSPS) is 18.0. The molecule has 2 aliphatic heterocycles. The van der Waals surface area contributed by atoms with E-state index in [1.807, 2.05) is 6.07 Å². The molecule has 1 amide bonds. The molecule has 2 heterocycles. The average Bonchev–Trinajstić information content (AvgIpc) is 3.21. The van der Waals surface area contributed by atoms with Crippen molar-refractivity contribution in [2.75, 3.05) is 32.8 Å². The number of sulfone groups is 1. The molecule has 1 fully saturated rings. The van der Waals surface area contributed by atoms with Crippen LogP contribution in [0, 0.1) is 5.82 Å². The number of carbonyl (C=O) groups excluding carboxylic acids is 1. The van der Waals surface area contributed by atoms with E-state index in [-0.39, 0.29) is 4.90 Å². The maximum absolute atomic E-state index is 13.1. The first-order chi connectivity index (χ1) is 14.3. The topological polar surface area (TPSA) is 66.9 Å². The summed E-state index contributed by atoms with van der Waals surface area (Å²) in [6.07, 6.45) is 0.936. The largest absolute Gasteiger partial charge is 0.493 e. The zero-order chi connectivity index (χ0) is 21.3. The van der Waals surface area contributed by atoms with Gasteiger partial charge in [0.15, 0.2) is 9.84 Å². The standard InChI is InChI=1S/C22H25FN2O4S/c1-16(30(27,28)20-5-3-19(23)4-6-20)22(26)25-11-9-24(10-12-25)15-17-2-7-21-18(14-17)8-13-29-21/h2-7,14,16H,8-13,15H2,1H3. The number of ether oxygens (including phenoxy) is 1. The molecule has 1 saturated heterocycles. The monoisotopic (exact) mass is 432 g/mol. The van der Waals surface area contributed by atoms with Gasteiger partial charge in [0, 0.05) is 39.1 Å². The summed E-state index contributed by atoms with van der Waals surface area (Å²) < 4.78 is 44.1. The molecule has 0 spiro atoms. The molecule has 2 aliphatic rings. The summed E-state index contributed by atoms with van der Waals surface area (Å²) in [6, 6.07) is 10.8. The van der Waals surface area contributed by atoms with Crippen LogP contribution in [0.1, 0.15) is 18.1 Å². The van der Waals surface area contributed by atoms with E-state index in [0.717, 1.165) is 37.5 Å². The highest BCUT2D eigenvalue weighted by atomic mass is 32.2. The van der Waals surface area contributed by atoms with Crippen molar-refractivity contribution in [3.63, 3.8) is 0 Å². The maximum atomic E-state index is 13.1. The van der Waals surface area contributed by atoms with Gasteiger partial charge in [-0.25, -0.2) is 12.8 Å². The van der Waals surface area contributed by atoms with E-state index in [4.69, 9.17) is 4.74 Å². The van der Waals surface area contributed by atoms with Gasteiger partial charge in [-0.2, -0.15) is 0 Å². The highest BCUT2D eigenvalue weighted by molar-refractivity contribution is 7.92. The van der Waals surface area contributed by atoms with Gasteiger partial charge in [0.1, 0.15) is 16.8 Å². The van der Waals surface area contributed by atoms with Gasteiger partial charge in [-0.1, -0.05) is 12.1 Å². The number of rotatable bonds is 5. The second-order valence-electron chi connectivity index (χ2n) is 7.78. The van der Waals surface area contributed by atoms with Crippen LogP contribution in [0.25, 0.3) is 0 Å². The molecule has 0 aromatic heterocycles. The number of halogens is 1. The molecule has 4 rings (SSSR count). The van der Waals surface area contributed by atoms with Crippen molar-refractivity contribution >= 4 is 15.7 Å². The van der Waals surface area contributed by atoms with Crippen molar-refractivity contribution in [2.45, 2.75) is 30.0 Å². The van der Waals surface area contributed by atoms with Crippen LogP contribution in [0.15, 0.2) is 47.4 Å². The van der Waals surface area contributed by atoms with E-state index in [2.05, 4.69) is 17.0 Å². The predicted molar refractivity (Wildman–Crippen MR) is 111 cm³/mol. The van der Waals surface area contributed by atoms with E-state index in [1.165, 1.54) is 30.2 Å². The molecule has 1 atom stereocenters. The number of piperazine rings is 1. The van der Waals surface area contributed by atoms with Crippen LogP contribution in [-0.4, -0.2) is 62.2 Å². The van der Waals surface area contributed by atoms with Crippen molar-refractivity contribution in [2.24, 2.45) is 0 Å². The minimum Gasteiger partial charge on any atom is -0.493 e. The minimum atomic E-state index is -3.86. The lowest BCUT2D eigenvalue weighted by atomic mass is 10.1. The van der Waals surface area contributed by atoms with Crippen LogP contribution in [0.5, 0.6) is 5.75 Å². The third kappa shape index (κ3) is 4.20. The molecule has 0 radical (unpaired) electrons. The van der Waals surface area contributed by atoms with Crippen LogP contribution < -0.4 is 4.74 Å². The first kappa shape index (κ1) is 20.8. The quantitative estimate of drug-likeness (QED) is 0.678. The molecular weight excluding hydrogens is 407 g/mol. The Morgan fingerprint density at radius 2 is 1.80 bits per heavy atom. The molecule has 30 heavy (non-hydrogen) atoms. The zero-order valence-corrected chi connectivity index (χ0v) is 17.7. The fourth-order valence-electron chi connectivity index (χ4n) is 3.94. The Bertz CT molecular complexity index is 1030. The Morgan fingerprint density at radius 3 is 2.50 bits per heavy atom. The molecule has 0 saturated carbocycles. The first-order valence-electron chi connectivity index (χ1n) is 10.1. The fraction of sp³-hybridized carbons (Fsp3) is 0.409. The lowest BCUT2D eigenvalue weighted by molar-refractivity contribution is -0.132. The van der Waals surface area contributed by atoms with E-state index in [1.54, 1.807) is 4.90 Å². The first-order valence-corrected chi connectivity index (χ1v) is 11.6. The molecular formula is C22H25FN2O4S. The second kappa shape index (κ2) is 8.35. The van der Waals surface area contributed by atoms with Gasteiger partial charge in [-0.05, 0) is 48.4 Å². The summed E-state index contributed by atoms with van der Waals surface area (Å²) in [5, 5.41) is -1.20. The third-order valence-corrected chi connectivity index (χ3v) is 7.86. The summed E-state index contributed by atoms with van der Waals surface area (Å²) in [5.74, 6) is 0.0409. The molecule has 8 heteroatoms. The lowest BCUT2D eigenvalue weighted by Gasteiger charge is -2.36. The van der Waals surface area contributed by atoms with Crippen LogP contribution in [-0.2, 0) is 27.6 Å². The fourth-order valence-corrected chi connectivity index (χ4v) is 5.28. The summed E-state index contributed by atoms with van der Waals surface area (Å²) in [7, 11) is -3.86. The van der Waals surface area contributed by atoms with Crippen molar-refractivity contribution < 1.29 is 22.3 Å². The molecule has 0 N–H and O–H groups in total. The highest BCUT2D eigenvalue weighted by Gasteiger charge is 2.34. The Hall–Kier alpha value is -2.45. The van der Waals surface area contributed by atoms with Crippen molar-refractivity contribution in [1.82, 2.24) is 9.80 Å². The van der Waals surface area contributed by atoms with Crippen molar-refractivity contribution in [3.8, 4) is 5.75 Å². The number of hydrogen-bond acceptors (Lipinski definition) is 5. The number of fused-ring (bicyclic) bond motifs is 1. The average molecular weight is 433 g/mol. The summed E-state index contributed by atoms with van der Waals surface area (Å²) in [6.45, 7) is 5.26. The molecule has 6 nitrogen and oxygen atoms in total. The third-order valence-electron chi connectivity index (χ3n) is 5.80. The van der Waals surface area contributed by atoms with Crippen molar-refractivity contribution in [1.29, 1.82) is 0 Å². The molecule has 2 aromatic carbocycles. The van der Waals surface area contributed by atoms with Gasteiger partial charge in [0.25, 0.3) is 0 Å². The number of amides is 1. The van der Waals surface area contributed by atoms with E-state index in [0.29, 0.717) is 26.2 Å². The highest BCUT2D eigenvalue weighted by Crippen LogP contribution is 2.26. The smallest absolute Gasteiger partial charge is 0.241 e. The van der Waals surface area contributed by atoms with E-state index < -0.39 is 26.8 Å². The van der Waals surface area contributed by atoms with E-state index in [9.17, 15) is 17.6 Å². The SMILES string of the molecule is CC(C(=O)N1CCN(Cc2ccc3c(c2)CCO3)CC1)S(=O)(=O)c1ccc(F)cc1. The lowest BCUT2D eigenvalue weighted by Crippen LogP contribution is -2.51. The summed E-state index contributed by atoms with van der Waals surface area (Å²) >= 11 is 0. The Labute approximate surface area is 176 Å². The predicted octanol–water partition coefficient (Wildman–Crippen LogP) is 2.27.